The van der Waals surface area contributed by atoms with Crippen molar-refractivity contribution in [2.75, 3.05) is 0 Å². The van der Waals surface area contributed by atoms with Crippen molar-refractivity contribution in [2.24, 2.45) is 0 Å². The van der Waals surface area contributed by atoms with Crippen LogP contribution in [0.25, 0.3) is 11.2 Å². The molecule has 0 amide bonds. The van der Waals surface area contributed by atoms with Gasteiger partial charge in [-0.05, 0) is 6.92 Å². The van der Waals surface area contributed by atoms with Crippen molar-refractivity contribution in [1.82, 2.24) is 19.5 Å². The predicted molar refractivity (Wildman–Crippen MR) is 48.8 cm³/mol. The Bertz CT molecular complexity index is 583. The molecule has 0 fully saturated rings. The molecule has 16 heavy (non-hydrogen) atoms. The van der Waals surface area contributed by atoms with Crippen LogP contribution in [0.1, 0.15) is 12.7 Å². The minimum absolute atomic E-state index is 0.0569. The summed E-state index contributed by atoms with van der Waals surface area (Å²) in [7, 11) is 0. The van der Waals surface area contributed by atoms with Crippen molar-refractivity contribution >= 4 is 11.2 Å². The first kappa shape index (κ1) is 10.7. The summed E-state index contributed by atoms with van der Waals surface area (Å²) in [5.74, 6) is -1.31. The summed E-state index contributed by atoms with van der Waals surface area (Å²) in [4.78, 5) is 20.0. The lowest BCUT2D eigenvalue weighted by Crippen LogP contribution is -2.19. The molecule has 0 aliphatic carbocycles. The van der Waals surface area contributed by atoms with Crippen LogP contribution < -0.4 is 5.56 Å². The Morgan fingerprint density at radius 2 is 2.19 bits per heavy atom. The molecule has 0 bridgehead atoms. The van der Waals surface area contributed by atoms with Gasteiger partial charge in [0.25, 0.3) is 5.56 Å². The third-order valence-electron chi connectivity index (χ3n) is 2.08. The topological polar surface area (TPSA) is 63.6 Å². The molecule has 2 aromatic rings. The molecule has 5 nitrogen and oxygen atoms in total. The minimum Gasteiger partial charge on any atom is -0.315 e. The molecule has 0 radical (unpaired) electrons. The van der Waals surface area contributed by atoms with Gasteiger partial charge in [-0.1, -0.05) is 0 Å². The molecular formula is C8H7F3N4O. The molecule has 1 N–H and O–H groups in total. The molecule has 0 saturated carbocycles. The normalized spacial score (nSPS) is 12.2. The van der Waals surface area contributed by atoms with Crippen LogP contribution in [0, 0.1) is 0 Å². The monoisotopic (exact) mass is 232 g/mol. The van der Waals surface area contributed by atoms with E-state index in [2.05, 4.69) is 9.97 Å². The Balaban J connectivity index is 2.78. The van der Waals surface area contributed by atoms with Gasteiger partial charge in [0.05, 0.1) is 6.33 Å². The summed E-state index contributed by atoms with van der Waals surface area (Å²) in [6.45, 7) is 2.11. The highest BCUT2D eigenvalue weighted by Crippen LogP contribution is 2.25. The molecule has 0 spiro atoms. The summed E-state index contributed by atoms with van der Waals surface area (Å²) >= 11 is 0. The number of halogens is 3. The fourth-order valence-electron chi connectivity index (χ4n) is 1.32. The highest BCUT2D eigenvalue weighted by molar-refractivity contribution is 5.69. The van der Waals surface area contributed by atoms with Crippen molar-refractivity contribution in [1.29, 1.82) is 0 Å². The van der Waals surface area contributed by atoms with Gasteiger partial charge in [0.15, 0.2) is 11.2 Å². The fourth-order valence-corrected chi connectivity index (χ4v) is 1.32. The van der Waals surface area contributed by atoms with Crippen molar-refractivity contribution in [3.05, 3.63) is 22.5 Å². The Morgan fingerprint density at radius 1 is 1.50 bits per heavy atom. The molecule has 0 aliphatic heterocycles. The van der Waals surface area contributed by atoms with Gasteiger partial charge >= 0.3 is 6.18 Å². The zero-order chi connectivity index (χ0) is 11.9. The van der Waals surface area contributed by atoms with E-state index in [-0.39, 0.29) is 11.2 Å². The first-order valence-corrected chi connectivity index (χ1v) is 4.46. The van der Waals surface area contributed by atoms with E-state index in [1.807, 2.05) is 0 Å². The minimum atomic E-state index is -4.67. The molecule has 2 aromatic heterocycles. The Morgan fingerprint density at radius 3 is 2.75 bits per heavy atom. The molecule has 0 atom stereocenters. The van der Waals surface area contributed by atoms with Gasteiger partial charge < -0.3 is 9.55 Å². The van der Waals surface area contributed by atoms with Crippen molar-refractivity contribution < 1.29 is 13.2 Å². The molecule has 0 aromatic carbocycles. The summed E-state index contributed by atoms with van der Waals surface area (Å²) in [5.41, 5.74) is -1.03. The van der Waals surface area contributed by atoms with Gasteiger partial charge in [0.1, 0.15) is 0 Å². The van der Waals surface area contributed by atoms with Crippen LogP contribution >= 0.6 is 0 Å². The summed E-state index contributed by atoms with van der Waals surface area (Å²) in [6, 6.07) is 0. The van der Waals surface area contributed by atoms with Crippen molar-refractivity contribution in [3.63, 3.8) is 0 Å². The number of rotatable bonds is 1. The van der Waals surface area contributed by atoms with Gasteiger partial charge in [-0.15, -0.1) is 0 Å². The number of nitrogens with one attached hydrogen (secondary N) is 1. The standard InChI is InChI=1S/C8H7F3N4O/c1-2-15-3-12-4-5(15)13-7(8(9,10)11)14-6(4)16/h3H,2H2,1H3,(H,13,14,16). The smallest absolute Gasteiger partial charge is 0.315 e. The van der Waals surface area contributed by atoms with Crippen LogP contribution in [-0.4, -0.2) is 19.5 Å². The maximum atomic E-state index is 12.4. The third-order valence-corrected chi connectivity index (χ3v) is 2.08. The van der Waals surface area contributed by atoms with Crippen molar-refractivity contribution in [2.45, 2.75) is 19.6 Å². The first-order valence-electron chi connectivity index (χ1n) is 4.46. The number of hydrogen-bond acceptors (Lipinski definition) is 3. The van der Waals surface area contributed by atoms with Crippen LogP contribution in [0.3, 0.4) is 0 Å². The molecule has 0 aliphatic rings. The van der Waals surface area contributed by atoms with Gasteiger partial charge in [0.2, 0.25) is 5.82 Å². The zero-order valence-corrected chi connectivity index (χ0v) is 8.17. The highest BCUT2D eigenvalue weighted by atomic mass is 19.4. The van der Waals surface area contributed by atoms with Gasteiger partial charge in [-0.2, -0.15) is 13.2 Å². The van der Waals surface area contributed by atoms with Crippen LogP contribution in [-0.2, 0) is 12.7 Å². The highest BCUT2D eigenvalue weighted by Gasteiger charge is 2.35. The van der Waals surface area contributed by atoms with E-state index in [1.54, 1.807) is 11.9 Å². The second kappa shape index (κ2) is 3.32. The van der Waals surface area contributed by atoms with E-state index in [9.17, 15) is 18.0 Å². The fraction of sp³-hybridized carbons (Fsp3) is 0.375. The van der Waals surface area contributed by atoms with E-state index < -0.39 is 17.6 Å². The zero-order valence-electron chi connectivity index (χ0n) is 8.17. The number of alkyl halides is 3. The second-order valence-electron chi connectivity index (χ2n) is 3.12. The first-order chi connectivity index (χ1) is 7.43. The lowest BCUT2D eigenvalue weighted by atomic mass is 10.5. The molecule has 0 saturated heterocycles. The van der Waals surface area contributed by atoms with Crippen LogP contribution in [0.5, 0.6) is 0 Å². The number of hydrogen-bond donors (Lipinski definition) is 1. The van der Waals surface area contributed by atoms with Crippen LogP contribution in [0.2, 0.25) is 0 Å². The maximum absolute atomic E-state index is 12.4. The second-order valence-corrected chi connectivity index (χ2v) is 3.12. The SMILES string of the molecule is CCn1cnc2c(=O)[nH]c(C(F)(F)F)nc21. The van der Waals surface area contributed by atoms with E-state index in [4.69, 9.17) is 0 Å². The largest absolute Gasteiger partial charge is 0.449 e. The third kappa shape index (κ3) is 1.55. The number of aromatic nitrogens is 4. The van der Waals surface area contributed by atoms with E-state index in [0.717, 1.165) is 0 Å². The van der Waals surface area contributed by atoms with Gasteiger partial charge in [-0.3, -0.25) is 4.79 Å². The number of H-pyrrole nitrogens is 1. The number of nitrogens with zero attached hydrogens (tertiary/aromatic N) is 3. The quantitative estimate of drug-likeness (QED) is 0.802. The lowest BCUT2D eigenvalue weighted by Gasteiger charge is -2.05. The number of imidazole rings is 1. The number of fused-ring (bicyclic) bond motifs is 1. The molecule has 86 valence electrons. The molecule has 8 heteroatoms. The van der Waals surface area contributed by atoms with E-state index in [1.165, 1.54) is 10.9 Å². The molecule has 2 rings (SSSR count). The number of aromatic amines is 1. The van der Waals surface area contributed by atoms with E-state index >= 15 is 0 Å². The summed E-state index contributed by atoms with van der Waals surface area (Å²) < 4.78 is 38.5. The molecule has 0 unspecified atom stereocenters. The maximum Gasteiger partial charge on any atom is 0.449 e. The van der Waals surface area contributed by atoms with Gasteiger partial charge in [0, 0.05) is 6.54 Å². The predicted octanol–water partition coefficient (Wildman–Crippen LogP) is 1.16. The van der Waals surface area contributed by atoms with Crippen LogP contribution in [0.15, 0.2) is 11.1 Å². The van der Waals surface area contributed by atoms with Crippen LogP contribution in [0.4, 0.5) is 13.2 Å². The van der Waals surface area contributed by atoms with E-state index in [0.29, 0.717) is 6.54 Å². The Hall–Kier alpha value is -1.86. The molecule has 2 heterocycles. The number of aryl methyl sites for hydroxylation is 1. The molecular weight excluding hydrogens is 225 g/mol. The van der Waals surface area contributed by atoms with Gasteiger partial charge in [-0.25, -0.2) is 9.97 Å². The Labute approximate surface area is 86.9 Å². The average Bonchev–Trinajstić information content (AvgIpc) is 2.59. The summed E-state index contributed by atoms with van der Waals surface area (Å²) in [6.07, 6.45) is -3.39. The summed E-state index contributed by atoms with van der Waals surface area (Å²) in [5, 5.41) is 0. The average molecular weight is 232 g/mol. The lowest BCUT2D eigenvalue weighted by molar-refractivity contribution is -0.144. The van der Waals surface area contributed by atoms with Crippen molar-refractivity contribution in [3.8, 4) is 0 Å². The Kier molecular flexibility index (Phi) is 2.21.